The molecule has 0 amide bonds. The minimum Gasteiger partial charge on any atom is -0.368 e. The zero-order chi connectivity index (χ0) is 12.3. The zero-order valence-corrected chi connectivity index (χ0v) is 11.2. The molecule has 98 valence electrons. The van der Waals surface area contributed by atoms with Gasteiger partial charge in [-0.2, -0.15) is 10.2 Å². The number of nitrogens with zero attached hydrogens (tertiary/aromatic N) is 2. The van der Waals surface area contributed by atoms with Gasteiger partial charge in [-0.1, -0.05) is 25.7 Å². The SMILES string of the molecule is CC(N=NC(C)(O)C1CCCC1)C1CCCC1. The quantitative estimate of drug-likeness (QED) is 0.741. The van der Waals surface area contributed by atoms with Crippen molar-refractivity contribution in [3.63, 3.8) is 0 Å². The lowest BCUT2D eigenvalue weighted by Gasteiger charge is -2.25. The van der Waals surface area contributed by atoms with E-state index in [9.17, 15) is 5.11 Å². The lowest BCUT2D eigenvalue weighted by atomic mass is 9.96. The van der Waals surface area contributed by atoms with Crippen molar-refractivity contribution in [3.05, 3.63) is 0 Å². The van der Waals surface area contributed by atoms with Crippen molar-refractivity contribution in [1.82, 2.24) is 0 Å². The molecule has 3 nitrogen and oxygen atoms in total. The third-order valence-corrected chi connectivity index (χ3v) is 4.65. The van der Waals surface area contributed by atoms with Crippen LogP contribution in [0.2, 0.25) is 0 Å². The fraction of sp³-hybridized carbons (Fsp3) is 1.00. The van der Waals surface area contributed by atoms with Gasteiger partial charge in [0.25, 0.3) is 0 Å². The molecule has 3 heteroatoms. The van der Waals surface area contributed by atoms with E-state index in [1.807, 2.05) is 6.92 Å². The molecule has 1 N–H and O–H groups in total. The zero-order valence-electron chi connectivity index (χ0n) is 11.2. The highest BCUT2D eigenvalue weighted by Gasteiger charge is 2.34. The fourth-order valence-electron chi connectivity index (χ4n) is 3.30. The molecule has 0 heterocycles. The van der Waals surface area contributed by atoms with Gasteiger partial charge in [0, 0.05) is 5.92 Å². The summed E-state index contributed by atoms with van der Waals surface area (Å²) >= 11 is 0. The number of rotatable bonds is 4. The Labute approximate surface area is 105 Å². The summed E-state index contributed by atoms with van der Waals surface area (Å²) in [5.41, 5.74) is -0.927. The predicted molar refractivity (Wildman–Crippen MR) is 68.9 cm³/mol. The first kappa shape index (κ1) is 13.0. The Balaban J connectivity index is 1.88. The minimum absolute atomic E-state index is 0.283. The average Bonchev–Trinajstić information content (AvgIpc) is 2.97. The molecule has 2 saturated carbocycles. The Kier molecular flexibility index (Phi) is 4.18. The summed E-state index contributed by atoms with van der Waals surface area (Å²) in [6.07, 6.45) is 9.90. The standard InChI is InChI=1S/C14H26N2O/c1-11(12-7-3-4-8-12)15-16-14(2,17)13-9-5-6-10-13/h11-13,17H,3-10H2,1-2H3. The Morgan fingerprint density at radius 1 is 1.06 bits per heavy atom. The molecule has 0 saturated heterocycles. The van der Waals surface area contributed by atoms with Crippen molar-refractivity contribution >= 4 is 0 Å². The van der Waals surface area contributed by atoms with Crippen molar-refractivity contribution in [1.29, 1.82) is 0 Å². The van der Waals surface area contributed by atoms with Gasteiger partial charge in [-0.3, -0.25) is 0 Å². The van der Waals surface area contributed by atoms with E-state index in [0.717, 1.165) is 12.8 Å². The molecule has 0 radical (unpaired) electrons. The lowest BCUT2D eigenvalue weighted by molar-refractivity contribution is 0.00138. The molecular weight excluding hydrogens is 212 g/mol. The van der Waals surface area contributed by atoms with E-state index in [4.69, 9.17) is 0 Å². The molecule has 2 unspecified atom stereocenters. The van der Waals surface area contributed by atoms with E-state index in [0.29, 0.717) is 11.8 Å². The van der Waals surface area contributed by atoms with Crippen molar-refractivity contribution in [2.45, 2.75) is 77.0 Å². The van der Waals surface area contributed by atoms with Crippen LogP contribution < -0.4 is 0 Å². The first-order chi connectivity index (χ1) is 8.09. The van der Waals surface area contributed by atoms with E-state index < -0.39 is 5.72 Å². The molecule has 2 rings (SSSR count). The van der Waals surface area contributed by atoms with E-state index in [1.165, 1.54) is 38.5 Å². The molecule has 2 fully saturated rings. The maximum Gasteiger partial charge on any atom is 0.176 e. The Morgan fingerprint density at radius 3 is 2.18 bits per heavy atom. The first-order valence-electron chi connectivity index (χ1n) is 7.24. The van der Waals surface area contributed by atoms with Gasteiger partial charge in [0.1, 0.15) is 0 Å². The van der Waals surface area contributed by atoms with Crippen LogP contribution in [-0.2, 0) is 0 Å². The molecule has 2 aliphatic rings. The van der Waals surface area contributed by atoms with Crippen molar-refractivity contribution in [3.8, 4) is 0 Å². The van der Waals surface area contributed by atoms with Crippen LogP contribution in [0, 0.1) is 11.8 Å². The number of aliphatic hydroxyl groups is 1. The molecule has 0 bridgehead atoms. The number of hydrogen-bond acceptors (Lipinski definition) is 3. The highest BCUT2D eigenvalue weighted by atomic mass is 16.3. The summed E-state index contributed by atoms with van der Waals surface area (Å²) in [5.74, 6) is 1.01. The molecule has 0 spiro atoms. The Morgan fingerprint density at radius 2 is 1.59 bits per heavy atom. The van der Waals surface area contributed by atoms with Gasteiger partial charge < -0.3 is 5.11 Å². The minimum atomic E-state index is -0.927. The fourth-order valence-corrected chi connectivity index (χ4v) is 3.30. The second-order valence-electron chi connectivity index (χ2n) is 6.08. The van der Waals surface area contributed by atoms with Gasteiger partial charge in [-0.15, -0.1) is 0 Å². The summed E-state index contributed by atoms with van der Waals surface area (Å²) in [5, 5.41) is 19.0. The Bertz CT molecular complexity index is 263. The molecule has 0 aliphatic heterocycles. The molecular formula is C14H26N2O. The maximum atomic E-state index is 10.3. The summed E-state index contributed by atoms with van der Waals surface area (Å²) in [6, 6.07) is 0.283. The molecule has 0 aromatic carbocycles. The van der Waals surface area contributed by atoms with E-state index in [2.05, 4.69) is 17.2 Å². The van der Waals surface area contributed by atoms with E-state index >= 15 is 0 Å². The topological polar surface area (TPSA) is 45.0 Å². The third kappa shape index (κ3) is 3.27. The van der Waals surface area contributed by atoms with Gasteiger partial charge in [-0.25, -0.2) is 0 Å². The lowest BCUT2D eigenvalue weighted by Crippen LogP contribution is -2.30. The van der Waals surface area contributed by atoms with Crippen LogP contribution in [0.4, 0.5) is 0 Å². The monoisotopic (exact) mass is 238 g/mol. The predicted octanol–water partition coefficient (Wildman–Crippen LogP) is 3.92. The van der Waals surface area contributed by atoms with Gasteiger partial charge in [0.15, 0.2) is 5.72 Å². The van der Waals surface area contributed by atoms with Crippen LogP contribution in [0.25, 0.3) is 0 Å². The second kappa shape index (κ2) is 5.47. The smallest absolute Gasteiger partial charge is 0.176 e. The number of azo groups is 1. The molecule has 2 atom stereocenters. The van der Waals surface area contributed by atoms with Gasteiger partial charge in [-0.05, 0) is 45.4 Å². The van der Waals surface area contributed by atoms with Crippen LogP contribution in [-0.4, -0.2) is 16.9 Å². The van der Waals surface area contributed by atoms with Crippen LogP contribution in [0.5, 0.6) is 0 Å². The largest absolute Gasteiger partial charge is 0.368 e. The van der Waals surface area contributed by atoms with Crippen LogP contribution in [0.1, 0.15) is 65.2 Å². The van der Waals surface area contributed by atoms with E-state index in [-0.39, 0.29) is 6.04 Å². The number of hydrogen-bond donors (Lipinski definition) is 1. The van der Waals surface area contributed by atoms with Crippen molar-refractivity contribution < 1.29 is 5.11 Å². The molecule has 0 aromatic rings. The highest BCUT2D eigenvalue weighted by Crippen LogP contribution is 2.36. The van der Waals surface area contributed by atoms with Crippen LogP contribution in [0.3, 0.4) is 0 Å². The van der Waals surface area contributed by atoms with Crippen molar-refractivity contribution in [2.75, 3.05) is 0 Å². The molecule has 2 aliphatic carbocycles. The van der Waals surface area contributed by atoms with Gasteiger partial charge in [0.05, 0.1) is 6.04 Å². The second-order valence-corrected chi connectivity index (χ2v) is 6.08. The van der Waals surface area contributed by atoms with Crippen LogP contribution >= 0.6 is 0 Å². The normalized spacial score (nSPS) is 28.9. The molecule has 0 aromatic heterocycles. The van der Waals surface area contributed by atoms with Crippen molar-refractivity contribution in [2.24, 2.45) is 22.1 Å². The average molecular weight is 238 g/mol. The van der Waals surface area contributed by atoms with Gasteiger partial charge >= 0.3 is 0 Å². The summed E-state index contributed by atoms with van der Waals surface area (Å²) < 4.78 is 0. The van der Waals surface area contributed by atoms with Crippen LogP contribution in [0.15, 0.2) is 10.2 Å². The Hall–Kier alpha value is -0.440. The first-order valence-corrected chi connectivity index (χ1v) is 7.24. The summed E-state index contributed by atoms with van der Waals surface area (Å²) in [7, 11) is 0. The summed E-state index contributed by atoms with van der Waals surface area (Å²) in [4.78, 5) is 0. The highest BCUT2D eigenvalue weighted by molar-refractivity contribution is 4.84. The van der Waals surface area contributed by atoms with Gasteiger partial charge in [0.2, 0.25) is 0 Å². The maximum absolute atomic E-state index is 10.3. The van der Waals surface area contributed by atoms with E-state index in [1.54, 1.807) is 0 Å². The third-order valence-electron chi connectivity index (χ3n) is 4.65. The molecule has 17 heavy (non-hydrogen) atoms. The summed E-state index contributed by atoms with van der Waals surface area (Å²) in [6.45, 7) is 3.97.